The van der Waals surface area contributed by atoms with Gasteiger partial charge in [0.25, 0.3) is 15.9 Å². The zero-order valence-electron chi connectivity index (χ0n) is 16.0. The topological polar surface area (TPSA) is 101 Å². The summed E-state index contributed by atoms with van der Waals surface area (Å²) in [6, 6.07) is 14.6. The van der Waals surface area contributed by atoms with Crippen LogP contribution in [0.5, 0.6) is 0 Å². The minimum absolute atomic E-state index is 0.0168. The average Bonchev–Trinajstić information content (AvgIpc) is 3.22. The van der Waals surface area contributed by atoms with Crippen molar-refractivity contribution in [3.63, 3.8) is 0 Å². The lowest BCUT2D eigenvalue weighted by molar-refractivity contribution is 0.0952. The lowest BCUT2D eigenvalue weighted by Crippen LogP contribution is -2.25. The molecule has 32 heavy (non-hydrogen) atoms. The second-order valence-corrected chi connectivity index (χ2v) is 10.8. The number of carbonyl (C=O) groups is 1. The number of carbonyl (C=O) groups excluding carboxylic acids is 1. The van der Waals surface area contributed by atoms with E-state index in [1.54, 1.807) is 48.5 Å². The van der Waals surface area contributed by atoms with E-state index in [4.69, 9.17) is 23.2 Å². The molecular weight excluding hydrogens is 606 g/mol. The molecule has 7 nitrogen and oxygen atoms in total. The summed E-state index contributed by atoms with van der Waals surface area (Å²) in [6.07, 6.45) is 0. The third-order valence-corrected chi connectivity index (χ3v) is 7.82. The molecule has 4 aromatic rings. The van der Waals surface area contributed by atoms with Crippen LogP contribution in [0.4, 0.5) is 5.69 Å². The Morgan fingerprint density at radius 2 is 1.75 bits per heavy atom. The minimum Gasteiger partial charge on any atom is -0.348 e. The molecule has 0 radical (unpaired) electrons. The van der Waals surface area contributed by atoms with E-state index in [0.29, 0.717) is 21.1 Å². The summed E-state index contributed by atoms with van der Waals surface area (Å²) in [7, 11) is -4.03. The summed E-state index contributed by atoms with van der Waals surface area (Å²) in [5, 5.41) is 3.59. The number of benzene rings is 3. The quantitative estimate of drug-likeness (QED) is 0.284. The second-order valence-electron chi connectivity index (χ2n) is 6.57. The van der Waals surface area contributed by atoms with Gasteiger partial charge in [-0.2, -0.15) is 8.75 Å². The Bertz CT molecular complexity index is 1420. The fraction of sp³-hybridized carbons (Fsp3) is 0.0500. The predicted molar refractivity (Wildman–Crippen MR) is 135 cm³/mol. The van der Waals surface area contributed by atoms with Crippen molar-refractivity contribution in [3.05, 3.63) is 79.3 Å². The van der Waals surface area contributed by atoms with Gasteiger partial charge < -0.3 is 5.32 Å². The number of halogens is 3. The van der Waals surface area contributed by atoms with Gasteiger partial charge in [0.15, 0.2) is 0 Å². The van der Waals surface area contributed by atoms with Crippen LogP contribution in [0.2, 0.25) is 10.0 Å². The van der Waals surface area contributed by atoms with Crippen LogP contribution >= 0.6 is 57.5 Å². The highest BCUT2D eigenvalue weighted by Gasteiger charge is 2.23. The Hall–Kier alpha value is -1.99. The van der Waals surface area contributed by atoms with Gasteiger partial charge in [0.1, 0.15) is 15.9 Å². The van der Waals surface area contributed by atoms with Crippen LogP contribution in [-0.4, -0.2) is 23.1 Å². The highest BCUT2D eigenvalue weighted by atomic mass is 127. The SMILES string of the molecule is O=C(NCc1c(Cl)cccc1Cl)c1ccc(I)cc1NS(=O)(=O)c1cccc2nsnc12. The van der Waals surface area contributed by atoms with Gasteiger partial charge >= 0.3 is 0 Å². The van der Waals surface area contributed by atoms with E-state index in [9.17, 15) is 13.2 Å². The van der Waals surface area contributed by atoms with E-state index in [2.05, 4.69) is 18.8 Å². The van der Waals surface area contributed by atoms with Crippen LogP contribution in [0, 0.1) is 3.57 Å². The molecule has 0 fully saturated rings. The van der Waals surface area contributed by atoms with E-state index >= 15 is 0 Å². The third-order valence-electron chi connectivity index (χ3n) is 4.50. The summed E-state index contributed by atoms with van der Waals surface area (Å²) < 4.78 is 37.7. The number of rotatable bonds is 6. The first kappa shape index (κ1) is 23.2. The van der Waals surface area contributed by atoms with Crippen molar-refractivity contribution in [2.24, 2.45) is 0 Å². The molecular formula is C20H13Cl2IN4O3S2. The zero-order valence-corrected chi connectivity index (χ0v) is 21.3. The standard InChI is InChI=1S/C20H13Cl2IN4O3S2/c21-14-3-1-4-15(22)13(14)10-24-20(28)12-8-7-11(23)9-17(12)27-32(29,30)18-6-2-5-16-19(18)26-31-25-16/h1-9,27H,10H2,(H,24,28). The van der Waals surface area contributed by atoms with Gasteiger partial charge in [-0.05, 0) is 65.1 Å². The monoisotopic (exact) mass is 618 g/mol. The number of hydrogen-bond acceptors (Lipinski definition) is 6. The van der Waals surface area contributed by atoms with E-state index < -0.39 is 15.9 Å². The largest absolute Gasteiger partial charge is 0.348 e. The van der Waals surface area contributed by atoms with Crippen LogP contribution in [0.1, 0.15) is 15.9 Å². The van der Waals surface area contributed by atoms with E-state index in [0.717, 1.165) is 15.3 Å². The molecule has 1 aromatic heterocycles. The number of nitrogens with zero attached hydrogens (tertiary/aromatic N) is 2. The number of sulfonamides is 1. The fourth-order valence-corrected chi connectivity index (χ4v) is 5.82. The molecule has 164 valence electrons. The lowest BCUT2D eigenvalue weighted by atomic mass is 10.1. The van der Waals surface area contributed by atoms with Gasteiger partial charge in [0.2, 0.25) is 0 Å². The van der Waals surface area contributed by atoms with Gasteiger partial charge in [-0.3, -0.25) is 9.52 Å². The predicted octanol–water partition coefficient (Wildman–Crippen LogP) is 5.33. The molecule has 0 bridgehead atoms. The molecule has 0 saturated carbocycles. The highest BCUT2D eigenvalue weighted by molar-refractivity contribution is 14.1. The Morgan fingerprint density at radius 3 is 2.50 bits per heavy atom. The van der Waals surface area contributed by atoms with Crippen LogP contribution in [0.3, 0.4) is 0 Å². The van der Waals surface area contributed by atoms with Gasteiger partial charge in [-0.25, -0.2) is 8.42 Å². The molecule has 0 aliphatic rings. The number of aromatic nitrogens is 2. The second kappa shape index (κ2) is 9.48. The summed E-state index contributed by atoms with van der Waals surface area (Å²) in [4.78, 5) is 12.9. The smallest absolute Gasteiger partial charge is 0.264 e. The van der Waals surface area contributed by atoms with Crippen LogP contribution < -0.4 is 10.0 Å². The molecule has 4 rings (SSSR count). The molecule has 2 N–H and O–H groups in total. The number of amides is 1. The Morgan fingerprint density at radius 1 is 1.03 bits per heavy atom. The zero-order chi connectivity index (χ0) is 22.9. The maximum Gasteiger partial charge on any atom is 0.264 e. The number of fused-ring (bicyclic) bond motifs is 1. The summed E-state index contributed by atoms with van der Waals surface area (Å²) in [5.74, 6) is -0.483. The Balaban J connectivity index is 1.64. The van der Waals surface area contributed by atoms with Crippen molar-refractivity contribution in [2.45, 2.75) is 11.4 Å². The summed E-state index contributed by atoms with van der Waals surface area (Å²) in [5.41, 5.74) is 1.62. The van der Waals surface area contributed by atoms with E-state index in [1.165, 1.54) is 6.07 Å². The van der Waals surface area contributed by atoms with Crippen molar-refractivity contribution < 1.29 is 13.2 Å². The van der Waals surface area contributed by atoms with Crippen molar-refractivity contribution >= 4 is 90.2 Å². The molecule has 12 heteroatoms. The number of hydrogen-bond donors (Lipinski definition) is 2. The molecule has 0 spiro atoms. The van der Waals surface area contributed by atoms with Crippen LogP contribution in [0.25, 0.3) is 11.0 Å². The molecule has 3 aromatic carbocycles. The summed E-state index contributed by atoms with van der Waals surface area (Å²) >= 11 is 15.3. The maximum atomic E-state index is 13.1. The Kier molecular flexibility index (Phi) is 6.86. The third kappa shape index (κ3) is 4.84. The van der Waals surface area contributed by atoms with Crippen LogP contribution in [0.15, 0.2) is 59.5 Å². The van der Waals surface area contributed by atoms with Gasteiger partial charge in [0, 0.05) is 25.7 Å². The summed E-state index contributed by atoms with van der Waals surface area (Å²) in [6.45, 7) is 0.0827. The van der Waals surface area contributed by atoms with Crippen molar-refractivity contribution in [3.8, 4) is 0 Å². The normalized spacial score (nSPS) is 11.5. The van der Waals surface area contributed by atoms with Gasteiger partial charge in [-0.1, -0.05) is 35.3 Å². The lowest BCUT2D eigenvalue weighted by Gasteiger charge is -2.14. The highest BCUT2D eigenvalue weighted by Crippen LogP contribution is 2.27. The maximum absolute atomic E-state index is 13.1. The molecule has 0 aliphatic carbocycles. The number of anilines is 1. The molecule has 1 heterocycles. The van der Waals surface area contributed by atoms with Gasteiger partial charge in [0.05, 0.1) is 23.0 Å². The van der Waals surface area contributed by atoms with Crippen molar-refractivity contribution in [2.75, 3.05) is 4.72 Å². The molecule has 1 amide bonds. The van der Waals surface area contributed by atoms with E-state index in [-0.39, 0.29) is 28.2 Å². The van der Waals surface area contributed by atoms with Gasteiger partial charge in [-0.15, -0.1) is 0 Å². The molecule has 0 aliphatic heterocycles. The first-order valence-electron chi connectivity index (χ1n) is 9.01. The first-order chi connectivity index (χ1) is 15.3. The fourth-order valence-electron chi connectivity index (χ4n) is 2.96. The molecule has 0 atom stereocenters. The van der Waals surface area contributed by atoms with Crippen LogP contribution in [-0.2, 0) is 16.6 Å². The van der Waals surface area contributed by atoms with Crippen molar-refractivity contribution in [1.82, 2.24) is 14.1 Å². The van der Waals surface area contributed by atoms with E-state index in [1.807, 2.05) is 22.6 Å². The minimum atomic E-state index is -4.03. The molecule has 0 saturated heterocycles. The first-order valence-corrected chi connectivity index (χ1v) is 13.1. The number of nitrogens with one attached hydrogen (secondary N) is 2. The Labute approximate surface area is 211 Å². The molecule has 0 unspecified atom stereocenters. The average molecular weight is 619 g/mol. The van der Waals surface area contributed by atoms with Crippen molar-refractivity contribution in [1.29, 1.82) is 0 Å².